The SMILES string of the molecule is c1cc(-c2cc(-c3conn3)c(-c3cnon3)c(-c3nnco3)c2-c2nccnn2)nnn1. The molecule has 15 heteroatoms. The quantitative estimate of drug-likeness (QED) is 0.374. The van der Waals surface area contributed by atoms with Crippen molar-refractivity contribution in [2.45, 2.75) is 0 Å². The van der Waals surface area contributed by atoms with Crippen LogP contribution >= 0.6 is 0 Å². The fraction of sp³-hybridized carbons (Fsp3) is 0. The van der Waals surface area contributed by atoms with E-state index >= 15 is 0 Å². The molecule has 0 aliphatic rings. The molecule has 0 aliphatic carbocycles. The third-order valence-corrected chi connectivity index (χ3v) is 4.64. The van der Waals surface area contributed by atoms with Gasteiger partial charge >= 0.3 is 0 Å². The van der Waals surface area contributed by atoms with E-state index in [2.05, 4.69) is 61.5 Å². The van der Waals surface area contributed by atoms with Crippen LogP contribution in [0.25, 0.3) is 56.6 Å². The summed E-state index contributed by atoms with van der Waals surface area (Å²) in [4.78, 5) is 4.39. The molecule has 0 fully saturated rings. The summed E-state index contributed by atoms with van der Waals surface area (Å²) < 4.78 is 15.5. The van der Waals surface area contributed by atoms with Crippen LogP contribution in [0.1, 0.15) is 0 Å². The smallest absolute Gasteiger partial charge is 0.248 e. The zero-order valence-corrected chi connectivity index (χ0v) is 16.2. The van der Waals surface area contributed by atoms with Crippen molar-refractivity contribution in [2.24, 2.45) is 0 Å². The summed E-state index contributed by atoms with van der Waals surface area (Å²) in [5, 5.41) is 43.2. The van der Waals surface area contributed by atoms with Crippen LogP contribution in [-0.4, -0.2) is 61.5 Å². The molecular formula is C18H8N12O3. The second kappa shape index (κ2) is 7.73. The first kappa shape index (κ1) is 18.4. The first-order valence-corrected chi connectivity index (χ1v) is 9.22. The molecule has 0 N–H and O–H groups in total. The van der Waals surface area contributed by atoms with Gasteiger partial charge in [-0.1, -0.05) is 5.16 Å². The maximum Gasteiger partial charge on any atom is 0.248 e. The average Bonchev–Trinajstić information content (AvgIpc) is 3.67. The van der Waals surface area contributed by atoms with Crippen molar-refractivity contribution in [1.82, 2.24) is 61.5 Å². The molecular weight excluding hydrogens is 432 g/mol. The molecule has 5 aromatic heterocycles. The van der Waals surface area contributed by atoms with Gasteiger partial charge < -0.3 is 8.94 Å². The van der Waals surface area contributed by atoms with Crippen LogP contribution in [0.4, 0.5) is 0 Å². The molecule has 0 aliphatic heterocycles. The molecule has 0 saturated heterocycles. The Bertz CT molecular complexity index is 1490. The first-order valence-electron chi connectivity index (χ1n) is 9.22. The second-order valence-electron chi connectivity index (χ2n) is 6.40. The molecule has 6 rings (SSSR count). The van der Waals surface area contributed by atoms with Crippen molar-refractivity contribution in [1.29, 1.82) is 0 Å². The average molecular weight is 440 g/mol. The van der Waals surface area contributed by atoms with Gasteiger partial charge in [-0.2, -0.15) is 5.10 Å². The molecule has 1 aromatic carbocycles. The summed E-state index contributed by atoms with van der Waals surface area (Å²) in [6, 6.07) is 3.47. The second-order valence-corrected chi connectivity index (χ2v) is 6.40. The van der Waals surface area contributed by atoms with Crippen molar-refractivity contribution >= 4 is 0 Å². The lowest BCUT2D eigenvalue weighted by molar-refractivity contribution is 0.308. The van der Waals surface area contributed by atoms with Crippen LogP contribution in [0.15, 0.2) is 63.1 Å². The molecule has 0 amide bonds. The standard InChI is InChI=1S/C18H8N12O3/c1-2-21-29-24-11(1)9-5-10(13-7-32-30-25-13)14(12-6-23-33-28-12)16(18-27-22-8-31-18)15(9)17-19-3-4-20-26-17/h1-8H. The van der Waals surface area contributed by atoms with Gasteiger partial charge in [0.15, 0.2) is 12.1 Å². The van der Waals surface area contributed by atoms with Gasteiger partial charge in [0.1, 0.15) is 11.4 Å². The zero-order valence-electron chi connectivity index (χ0n) is 16.2. The molecule has 6 aromatic rings. The number of hydrogen-bond acceptors (Lipinski definition) is 15. The summed E-state index contributed by atoms with van der Waals surface area (Å²) in [7, 11) is 0. The minimum Gasteiger partial charge on any atom is -0.423 e. The van der Waals surface area contributed by atoms with Gasteiger partial charge in [-0.25, -0.2) is 9.61 Å². The molecule has 0 radical (unpaired) electrons. The molecule has 0 spiro atoms. The Balaban J connectivity index is 1.83. The molecule has 0 saturated carbocycles. The Morgan fingerprint density at radius 1 is 0.758 bits per heavy atom. The van der Waals surface area contributed by atoms with E-state index in [1.54, 1.807) is 12.1 Å². The van der Waals surface area contributed by atoms with E-state index in [9.17, 15) is 0 Å². The van der Waals surface area contributed by atoms with Crippen molar-refractivity contribution in [3.8, 4) is 56.6 Å². The maximum atomic E-state index is 5.60. The van der Waals surface area contributed by atoms with Crippen LogP contribution in [0, 0.1) is 0 Å². The van der Waals surface area contributed by atoms with Crippen molar-refractivity contribution in [3.63, 3.8) is 0 Å². The first-order chi connectivity index (χ1) is 16.4. The van der Waals surface area contributed by atoms with E-state index in [1.807, 2.05) is 0 Å². The lowest BCUT2D eigenvalue weighted by Gasteiger charge is -2.17. The molecule has 0 bridgehead atoms. The Hall–Kier alpha value is -5.34. The number of nitrogens with zero attached hydrogens (tertiary/aromatic N) is 12. The summed E-state index contributed by atoms with van der Waals surface area (Å²) in [6.07, 6.45) is 8.49. The van der Waals surface area contributed by atoms with Gasteiger partial charge in [-0.05, 0) is 22.5 Å². The fourth-order valence-electron chi connectivity index (χ4n) is 3.38. The van der Waals surface area contributed by atoms with E-state index in [1.165, 1.54) is 37.4 Å². The van der Waals surface area contributed by atoms with Crippen LogP contribution in [0.5, 0.6) is 0 Å². The van der Waals surface area contributed by atoms with E-state index in [-0.39, 0.29) is 11.7 Å². The van der Waals surface area contributed by atoms with Crippen LogP contribution in [-0.2, 0) is 0 Å². The zero-order chi connectivity index (χ0) is 22.0. The van der Waals surface area contributed by atoms with Gasteiger partial charge in [0.2, 0.25) is 12.3 Å². The van der Waals surface area contributed by atoms with Crippen molar-refractivity contribution in [2.75, 3.05) is 0 Å². The van der Waals surface area contributed by atoms with Crippen LogP contribution < -0.4 is 0 Å². The summed E-state index contributed by atoms with van der Waals surface area (Å²) >= 11 is 0. The number of benzene rings is 1. The highest BCUT2D eigenvalue weighted by Gasteiger charge is 2.30. The fourth-order valence-corrected chi connectivity index (χ4v) is 3.38. The number of hydrogen-bond donors (Lipinski definition) is 0. The molecule has 158 valence electrons. The van der Waals surface area contributed by atoms with Gasteiger partial charge in [0.05, 0.1) is 29.8 Å². The highest BCUT2D eigenvalue weighted by molar-refractivity contribution is 6.03. The maximum absolute atomic E-state index is 5.60. The van der Waals surface area contributed by atoms with E-state index in [0.717, 1.165) is 0 Å². The Kier molecular flexibility index (Phi) is 4.32. The summed E-state index contributed by atoms with van der Waals surface area (Å²) in [5.41, 5.74) is 3.72. The van der Waals surface area contributed by atoms with Crippen molar-refractivity contribution < 1.29 is 13.6 Å². The van der Waals surface area contributed by atoms with Crippen LogP contribution in [0.2, 0.25) is 0 Å². The Morgan fingerprint density at radius 3 is 2.42 bits per heavy atom. The van der Waals surface area contributed by atoms with Gasteiger partial charge in [0, 0.05) is 33.7 Å². The van der Waals surface area contributed by atoms with Gasteiger partial charge in [0.25, 0.3) is 0 Å². The lowest BCUT2D eigenvalue weighted by atomic mass is 9.87. The number of rotatable bonds is 5. The predicted molar refractivity (Wildman–Crippen MR) is 104 cm³/mol. The third kappa shape index (κ3) is 3.16. The minimum absolute atomic E-state index is 0.150. The minimum atomic E-state index is 0.150. The number of aromatic nitrogens is 12. The third-order valence-electron chi connectivity index (χ3n) is 4.64. The summed E-state index contributed by atoms with van der Waals surface area (Å²) in [5.74, 6) is 0.416. The summed E-state index contributed by atoms with van der Waals surface area (Å²) in [6.45, 7) is 0. The normalized spacial score (nSPS) is 11.0. The van der Waals surface area contributed by atoms with Gasteiger partial charge in [-0.15, -0.1) is 30.6 Å². The van der Waals surface area contributed by atoms with Gasteiger partial charge in [-0.3, -0.25) is 0 Å². The van der Waals surface area contributed by atoms with E-state index in [4.69, 9.17) is 13.6 Å². The van der Waals surface area contributed by atoms with Crippen molar-refractivity contribution in [3.05, 3.63) is 49.6 Å². The predicted octanol–water partition coefficient (Wildman–Crippen LogP) is 1.54. The molecule has 5 heterocycles. The topological polar surface area (TPSA) is 194 Å². The highest BCUT2D eigenvalue weighted by Crippen LogP contribution is 2.47. The van der Waals surface area contributed by atoms with E-state index < -0.39 is 0 Å². The van der Waals surface area contributed by atoms with E-state index in [0.29, 0.717) is 44.9 Å². The molecule has 0 unspecified atom stereocenters. The Labute approximate surface area is 181 Å². The molecule has 33 heavy (non-hydrogen) atoms. The van der Waals surface area contributed by atoms with Crippen LogP contribution in [0.3, 0.4) is 0 Å². The monoisotopic (exact) mass is 440 g/mol. The molecule has 15 nitrogen and oxygen atoms in total. The highest BCUT2D eigenvalue weighted by atomic mass is 16.6. The molecule has 0 atom stereocenters. The largest absolute Gasteiger partial charge is 0.423 e. The lowest BCUT2D eigenvalue weighted by Crippen LogP contribution is -2.02. The Morgan fingerprint density at radius 2 is 1.73 bits per heavy atom.